The van der Waals surface area contributed by atoms with Crippen molar-refractivity contribution in [1.82, 2.24) is 4.98 Å². The molecule has 0 aliphatic heterocycles. The van der Waals surface area contributed by atoms with Crippen molar-refractivity contribution in [2.45, 2.75) is 37.9 Å². The van der Waals surface area contributed by atoms with Crippen molar-refractivity contribution in [3.63, 3.8) is 0 Å². The van der Waals surface area contributed by atoms with E-state index in [4.69, 9.17) is 0 Å². The molecule has 26 heavy (non-hydrogen) atoms. The molecule has 5 atom stereocenters. The molecule has 1 aromatic heterocycles. The predicted molar refractivity (Wildman–Crippen MR) is 94.3 cm³/mol. The highest BCUT2D eigenvalue weighted by molar-refractivity contribution is 5.63. The van der Waals surface area contributed by atoms with Gasteiger partial charge in [-0.05, 0) is 66.5 Å². The van der Waals surface area contributed by atoms with Gasteiger partial charge in [0.25, 0.3) is 0 Å². The van der Waals surface area contributed by atoms with Gasteiger partial charge in [0.05, 0.1) is 17.9 Å². The van der Waals surface area contributed by atoms with Crippen molar-refractivity contribution < 1.29 is 19.0 Å². The van der Waals surface area contributed by atoms with Crippen LogP contribution in [0.2, 0.25) is 0 Å². The van der Waals surface area contributed by atoms with Gasteiger partial charge in [0.15, 0.2) is 11.6 Å². The van der Waals surface area contributed by atoms with Gasteiger partial charge in [0.1, 0.15) is 0 Å². The van der Waals surface area contributed by atoms with Crippen molar-refractivity contribution >= 4 is 6.08 Å². The minimum Gasteiger partial charge on any atom is -0.393 e. The van der Waals surface area contributed by atoms with Crippen LogP contribution in [0.1, 0.15) is 47.2 Å². The van der Waals surface area contributed by atoms with Crippen LogP contribution in [0, 0.1) is 30.4 Å². The summed E-state index contributed by atoms with van der Waals surface area (Å²) in [6.45, 7) is 2.04. The summed E-state index contributed by atoms with van der Waals surface area (Å²) in [6.07, 6.45) is 5.44. The number of nitrogens with zero attached hydrogens (tertiary/aromatic N) is 1. The Hall–Kier alpha value is -2.11. The molecule has 0 saturated heterocycles. The van der Waals surface area contributed by atoms with E-state index >= 15 is 0 Å². The molecule has 1 saturated carbocycles. The second-order valence-corrected chi connectivity index (χ2v) is 7.39. The van der Waals surface area contributed by atoms with E-state index in [1.165, 1.54) is 6.07 Å². The maximum absolute atomic E-state index is 13.5. The van der Waals surface area contributed by atoms with Gasteiger partial charge >= 0.3 is 0 Å². The average Bonchev–Trinajstić information content (AvgIpc) is 3.21. The van der Waals surface area contributed by atoms with Crippen molar-refractivity contribution in [2.24, 2.45) is 11.8 Å². The molecular formula is C21H21F2NO2. The summed E-state index contributed by atoms with van der Waals surface area (Å²) in [6, 6.07) is 5.43. The summed E-state index contributed by atoms with van der Waals surface area (Å²) >= 11 is 0. The molecule has 2 aromatic rings. The predicted octanol–water partition coefficient (Wildman–Crippen LogP) is 3.90. The van der Waals surface area contributed by atoms with Crippen LogP contribution in [-0.2, 0) is 0 Å². The zero-order chi connectivity index (χ0) is 18.4. The monoisotopic (exact) mass is 357 g/mol. The molecule has 1 heterocycles. The number of aliphatic hydroxyl groups excluding tert-OH is 2. The number of aromatic nitrogens is 1. The number of aliphatic hydroxyl groups is 2. The summed E-state index contributed by atoms with van der Waals surface area (Å²) in [5, 5.41) is 21.2. The van der Waals surface area contributed by atoms with E-state index < -0.39 is 23.8 Å². The van der Waals surface area contributed by atoms with Gasteiger partial charge in [-0.15, -0.1) is 0 Å². The highest BCUT2D eigenvalue weighted by Crippen LogP contribution is 2.48. The summed E-state index contributed by atoms with van der Waals surface area (Å²) in [5.41, 5.74) is 3.57. The number of aryl methyl sites for hydroxylation is 1. The van der Waals surface area contributed by atoms with Crippen LogP contribution in [-0.4, -0.2) is 21.3 Å². The van der Waals surface area contributed by atoms with E-state index in [1.807, 2.05) is 19.1 Å². The molecule has 4 rings (SSSR count). The van der Waals surface area contributed by atoms with Crippen molar-refractivity contribution in [2.75, 3.05) is 0 Å². The fourth-order valence-corrected chi connectivity index (χ4v) is 4.41. The van der Waals surface area contributed by atoms with Crippen LogP contribution in [0.4, 0.5) is 8.78 Å². The number of hydrogen-bond donors (Lipinski definition) is 2. The van der Waals surface area contributed by atoms with Crippen LogP contribution in [0.5, 0.6) is 0 Å². The van der Waals surface area contributed by atoms with Gasteiger partial charge in [-0.3, -0.25) is 4.98 Å². The first-order valence-electron chi connectivity index (χ1n) is 8.90. The Bertz CT molecular complexity index is 867. The summed E-state index contributed by atoms with van der Waals surface area (Å²) in [5.74, 6) is -2.14. The maximum atomic E-state index is 13.5. The van der Waals surface area contributed by atoms with Gasteiger partial charge < -0.3 is 10.2 Å². The molecule has 0 amide bonds. The van der Waals surface area contributed by atoms with Crippen LogP contribution >= 0.6 is 0 Å². The SMILES string of the molecule is Cc1ccnc2c1C=CC2[C@@H]1C[C@H]([C@H](O)c2ccc(F)c(F)c2)C[C@H]1O. The summed E-state index contributed by atoms with van der Waals surface area (Å²) in [4.78, 5) is 4.50. The highest BCUT2D eigenvalue weighted by atomic mass is 19.2. The Kier molecular flexibility index (Phi) is 4.37. The first-order chi connectivity index (χ1) is 12.5. The second-order valence-electron chi connectivity index (χ2n) is 7.39. The van der Waals surface area contributed by atoms with E-state index in [0.717, 1.165) is 29.0 Å². The number of rotatable bonds is 3. The molecule has 1 fully saturated rings. The standard InChI is InChI=1S/C21H21F2NO2/c1-11-6-7-24-20-14(11)3-4-15(20)16-8-13(10-19(16)25)21(26)12-2-5-17(22)18(23)9-12/h2-7,9,13,15-16,19,21,25-26H,8,10H2,1H3/t13-,15?,16-,19+,21+/m0/s1. The average molecular weight is 357 g/mol. The lowest BCUT2D eigenvalue weighted by Gasteiger charge is -2.22. The quantitative estimate of drug-likeness (QED) is 0.876. The van der Waals surface area contributed by atoms with Crippen LogP contribution in [0.25, 0.3) is 6.08 Å². The summed E-state index contributed by atoms with van der Waals surface area (Å²) in [7, 11) is 0. The summed E-state index contributed by atoms with van der Waals surface area (Å²) < 4.78 is 26.6. The van der Waals surface area contributed by atoms with Crippen LogP contribution in [0.15, 0.2) is 36.5 Å². The highest BCUT2D eigenvalue weighted by Gasteiger charge is 2.42. The molecule has 2 aliphatic rings. The zero-order valence-electron chi connectivity index (χ0n) is 14.4. The second kappa shape index (κ2) is 6.56. The Labute approximate surface area is 151 Å². The number of hydrogen-bond acceptors (Lipinski definition) is 3. The lowest BCUT2D eigenvalue weighted by Crippen LogP contribution is -2.20. The van der Waals surface area contributed by atoms with Crippen molar-refractivity contribution in [3.8, 4) is 0 Å². The Morgan fingerprint density at radius 2 is 1.96 bits per heavy atom. The topological polar surface area (TPSA) is 53.4 Å². The van der Waals surface area contributed by atoms with Gasteiger partial charge in [0, 0.05) is 12.1 Å². The molecule has 1 unspecified atom stereocenters. The normalized spacial score (nSPS) is 28.3. The maximum Gasteiger partial charge on any atom is 0.159 e. The third-order valence-electron chi connectivity index (χ3n) is 5.83. The number of allylic oxidation sites excluding steroid dienone is 1. The Morgan fingerprint density at radius 3 is 2.73 bits per heavy atom. The fourth-order valence-electron chi connectivity index (χ4n) is 4.41. The van der Waals surface area contributed by atoms with E-state index in [0.29, 0.717) is 18.4 Å². The van der Waals surface area contributed by atoms with Crippen LogP contribution in [0.3, 0.4) is 0 Å². The molecular weight excluding hydrogens is 336 g/mol. The molecule has 5 heteroatoms. The van der Waals surface area contributed by atoms with Gasteiger partial charge in [-0.1, -0.05) is 18.2 Å². The number of halogens is 2. The lowest BCUT2D eigenvalue weighted by molar-refractivity contribution is 0.0945. The lowest BCUT2D eigenvalue weighted by atomic mass is 9.86. The number of benzene rings is 1. The van der Waals surface area contributed by atoms with Crippen molar-refractivity contribution in [3.05, 3.63) is 70.6 Å². The molecule has 2 aliphatic carbocycles. The third kappa shape index (κ3) is 2.85. The Balaban J connectivity index is 1.55. The number of pyridine rings is 1. The largest absolute Gasteiger partial charge is 0.393 e. The molecule has 2 N–H and O–H groups in total. The molecule has 1 aromatic carbocycles. The molecule has 0 radical (unpaired) electrons. The molecule has 0 spiro atoms. The number of fused-ring (bicyclic) bond motifs is 1. The minimum atomic E-state index is -0.969. The van der Waals surface area contributed by atoms with Gasteiger partial charge in [0.2, 0.25) is 0 Å². The Morgan fingerprint density at radius 1 is 1.15 bits per heavy atom. The molecule has 136 valence electrons. The van der Waals surface area contributed by atoms with Gasteiger partial charge in [-0.2, -0.15) is 0 Å². The molecule has 0 bridgehead atoms. The fraction of sp³-hybridized carbons (Fsp3) is 0.381. The first-order valence-corrected chi connectivity index (χ1v) is 8.90. The van der Waals surface area contributed by atoms with E-state index in [1.54, 1.807) is 6.20 Å². The molecule has 3 nitrogen and oxygen atoms in total. The third-order valence-corrected chi connectivity index (χ3v) is 5.83. The van der Waals surface area contributed by atoms with Crippen molar-refractivity contribution in [1.29, 1.82) is 0 Å². The first kappa shape index (κ1) is 17.3. The van der Waals surface area contributed by atoms with E-state index in [2.05, 4.69) is 11.1 Å². The minimum absolute atomic E-state index is 0.0158. The zero-order valence-corrected chi connectivity index (χ0v) is 14.4. The smallest absolute Gasteiger partial charge is 0.159 e. The van der Waals surface area contributed by atoms with E-state index in [9.17, 15) is 19.0 Å². The van der Waals surface area contributed by atoms with E-state index in [-0.39, 0.29) is 17.8 Å². The van der Waals surface area contributed by atoms with Gasteiger partial charge in [-0.25, -0.2) is 8.78 Å². The van der Waals surface area contributed by atoms with Crippen LogP contribution < -0.4 is 0 Å².